The summed E-state index contributed by atoms with van der Waals surface area (Å²) in [6.45, 7) is 6.15. The van der Waals surface area contributed by atoms with Crippen LogP contribution in [-0.4, -0.2) is 23.8 Å². The Bertz CT molecular complexity index is 162. The van der Waals surface area contributed by atoms with Crippen LogP contribution < -0.4 is 5.32 Å². The van der Waals surface area contributed by atoms with Crippen LogP contribution in [0.2, 0.25) is 0 Å². The number of nitrogens with one attached hydrogen (secondary N) is 1. The SMILES string of the molecule is CN[C@@H]1C[C@H](C)CC[C@H]1C(C)(C)O. The topological polar surface area (TPSA) is 32.3 Å². The van der Waals surface area contributed by atoms with Gasteiger partial charge in [-0.15, -0.1) is 0 Å². The first-order chi connectivity index (χ1) is 5.95. The highest BCUT2D eigenvalue weighted by molar-refractivity contribution is 4.91. The fraction of sp³-hybridized carbons (Fsp3) is 1.00. The van der Waals surface area contributed by atoms with Gasteiger partial charge in [0.05, 0.1) is 5.60 Å². The average Bonchev–Trinajstić information content (AvgIpc) is 2.01. The summed E-state index contributed by atoms with van der Waals surface area (Å²) in [7, 11) is 2.00. The molecule has 0 bridgehead atoms. The molecule has 1 aliphatic carbocycles. The van der Waals surface area contributed by atoms with Crippen LogP contribution in [0.5, 0.6) is 0 Å². The number of rotatable bonds is 2. The molecule has 3 atom stereocenters. The van der Waals surface area contributed by atoms with Gasteiger partial charge in [-0.3, -0.25) is 0 Å². The van der Waals surface area contributed by atoms with Gasteiger partial charge in [-0.25, -0.2) is 0 Å². The van der Waals surface area contributed by atoms with E-state index in [-0.39, 0.29) is 0 Å². The predicted molar refractivity (Wildman–Crippen MR) is 55.7 cm³/mol. The van der Waals surface area contributed by atoms with E-state index in [1.807, 2.05) is 20.9 Å². The van der Waals surface area contributed by atoms with E-state index < -0.39 is 5.60 Å². The minimum Gasteiger partial charge on any atom is -0.390 e. The second-order valence-electron chi connectivity index (χ2n) is 5.07. The van der Waals surface area contributed by atoms with Gasteiger partial charge in [0.2, 0.25) is 0 Å². The van der Waals surface area contributed by atoms with Crippen molar-refractivity contribution in [1.82, 2.24) is 5.32 Å². The molecule has 13 heavy (non-hydrogen) atoms. The molecule has 2 N–H and O–H groups in total. The first-order valence-corrected chi connectivity index (χ1v) is 5.34. The zero-order valence-corrected chi connectivity index (χ0v) is 9.30. The summed E-state index contributed by atoms with van der Waals surface area (Å²) in [6, 6.07) is 0.490. The lowest BCUT2D eigenvalue weighted by atomic mass is 9.72. The van der Waals surface area contributed by atoms with Crippen molar-refractivity contribution in [2.75, 3.05) is 7.05 Å². The van der Waals surface area contributed by atoms with Crippen molar-refractivity contribution in [1.29, 1.82) is 0 Å². The molecular weight excluding hydrogens is 162 g/mol. The van der Waals surface area contributed by atoms with Gasteiger partial charge in [0, 0.05) is 12.0 Å². The Morgan fingerprint density at radius 1 is 1.31 bits per heavy atom. The minimum absolute atomic E-state index is 0.411. The average molecular weight is 185 g/mol. The first-order valence-electron chi connectivity index (χ1n) is 5.34. The fourth-order valence-corrected chi connectivity index (χ4v) is 2.55. The van der Waals surface area contributed by atoms with Gasteiger partial charge in [-0.2, -0.15) is 0 Å². The monoisotopic (exact) mass is 185 g/mol. The summed E-state index contributed by atoms with van der Waals surface area (Å²) in [6.07, 6.45) is 3.61. The molecule has 78 valence electrons. The van der Waals surface area contributed by atoms with E-state index in [0.717, 1.165) is 12.3 Å². The molecule has 0 saturated heterocycles. The molecule has 0 radical (unpaired) electrons. The Morgan fingerprint density at radius 3 is 2.38 bits per heavy atom. The molecule has 1 aliphatic rings. The van der Waals surface area contributed by atoms with Crippen LogP contribution in [0.15, 0.2) is 0 Å². The zero-order chi connectivity index (χ0) is 10.1. The van der Waals surface area contributed by atoms with Gasteiger partial charge in [0.25, 0.3) is 0 Å². The first kappa shape index (κ1) is 11.0. The molecule has 0 aromatic rings. The lowest BCUT2D eigenvalue weighted by Crippen LogP contribution is -2.48. The van der Waals surface area contributed by atoms with Crippen molar-refractivity contribution in [2.24, 2.45) is 11.8 Å². The molecule has 0 heterocycles. The molecule has 0 aromatic carbocycles. The van der Waals surface area contributed by atoms with Crippen molar-refractivity contribution in [2.45, 2.75) is 51.7 Å². The summed E-state index contributed by atoms with van der Waals surface area (Å²) in [4.78, 5) is 0. The van der Waals surface area contributed by atoms with Gasteiger partial charge in [0.1, 0.15) is 0 Å². The molecule has 2 heteroatoms. The molecule has 0 aromatic heterocycles. The molecule has 0 spiro atoms. The Morgan fingerprint density at radius 2 is 1.92 bits per heavy atom. The second-order valence-corrected chi connectivity index (χ2v) is 5.07. The van der Waals surface area contributed by atoms with Gasteiger partial charge in [-0.05, 0) is 39.7 Å². The highest BCUT2D eigenvalue weighted by atomic mass is 16.3. The van der Waals surface area contributed by atoms with Gasteiger partial charge >= 0.3 is 0 Å². The Labute approximate surface area is 81.7 Å². The Hall–Kier alpha value is -0.0800. The van der Waals surface area contributed by atoms with Gasteiger partial charge in [-0.1, -0.05) is 13.3 Å². The number of hydrogen-bond donors (Lipinski definition) is 2. The van der Waals surface area contributed by atoms with Gasteiger partial charge < -0.3 is 10.4 Å². The summed E-state index contributed by atoms with van der Waals surface area (Å²) in [5.41, 5.74) is -0.534. The van der Waals surface area contributed by atoms with Crippen LogP contribution in [-0.2, 0) is 0 Å². The van der Waals surface area contributed by atoms with Crippen LogP contribution in [0.4, 0.5) is 0 Å². The van der Waals surface area contributed by atoms with E-state index in [0.29, 0.717) is 12.0 Å². The Balaban J connectivity index is 2.63. The number of hydrogen-bond acceptors (Lipinski definition) is 2. The quantitative estimate of drug-likeness (QED) is 0.687. The highest BCUT2D eigenvalue weighted by Gasteiger charge is 2.36. The molecular formula is C11H23NO. The Kier molecular flexibility index (Phi) is 3.36. The van der Waals surface area contributed by atoms with Crippen molar-refractivity contribution in [3.63, 3.8) is 0 Å². The molecule has 0 amide bonds. The summed E-state index contributed by atoms with van der Waals surface area (Å²) in [5, 5.41) is 13.3. The smallest absolute Gasteiger partial charge is 0.0634 e. The molecule has 1 fully saturated rings. The largest absolute Gasteiger partial charge is 0.390 e. The van der Waals surface area contributed by atoms with E-state index in [1.54, 1.807) is 0 Å². The van der Waals surface area contributed by atoms with Crippen molar-refractivity contribution in [3.8, 4) is 0 Å². The second kappa shape index (κ2) is 3.97. The van der Waals surface area contributed by atoms with Crippen molar-refractivity contribution in [3.05, 3.63) is 0 Å². The lowest BCUT2D eigenvalue weighted by molar-refractivity contribution is -0.0203. The van der Waals surface area contributed by atoms with E-state index in [9.17, 15) is 5.11 Å². The lowest BCUT2D eigenvalue weighted by Gasteiger charge is -2.41. The third-order valence-electron chi connectivity index (χ3n) is 3.39. The van der Waals surface area contributed by atoms with Crippen LogP contribution in [0.25, 0.3) is 0 Å². The third-order valence-corrected chi connectivity index (χ3v) is 3.39. The maximum atomic E-state index is 9.99. The molecule has 0 aliphatic heterocycles. The summed E-state index contributed by atoms with van der Waals surface area (Å²) >= 11 is 0. The van der Waals surface area contributed by atoms with Crippen molar-refractivity contribution < 1.29 is 5.11 Å². The van der Waals surface area contributed by atoms with E-state index in [1.165, 1.54) is 12.8 Å². The van der Waals surface area contributed by atoms with Crippen LogP contribution in [0.1, 0.15) is 40.0 Å². The number of aliphatic hydroxyl groups is 1. The van der Waals surface area contributed by atoms with E-state index in [4.69, 9.17) is 0 Å². The predicted octanol–water partition coefficient (Wildman–Crippen LogP) is 1.78. The minimum atomic E-state index is -0.534. The summed E-state index contributed by atoms with van der Waals surface area (Å²) < 4.78 is 0. The van der Waals surface area contributed by atoms with Gasteiger partial charge in [0.15, 0.2) is 0 Å². The van der Waals surface area contributed by atoms with Crippen molar-refractivity contribution >= 4 is 0 Å². The highest BCUT2D eigenvalue weighted by Crippen LogP contribution is 2.35. The maximum absolute atomic E-state index is 9.99. The molecule has 0 unspecified atom stereocenters. The molecule has 1 saturated carbocycles. The van der Waals surface area contributed by atoms with E-state index >= 15 is 0 Å². The zero-order valence-electron chi connectivity index (χ0n) is 9.30. The maximum Gasteiger partial charge on any atom is 0.0634 e. The molecule has 1 rings (SSSR count). The summed E-state index contributed by atoms with van der Waals surface area (Å²) in [5.74, 6) is 1.21. The fourth-order valence-electron chi connectivity index (χ4n) is 2.55. The third kappa shape index (κ3) is 2.68. The van der Waals surface area contributed by atoms with Crippen LogP contribution in [0.3, 0.4) is 0 Å². The van der Waals surface area contributed by atoms with Crippen LogP contribution >= 0.6 is 0 Å². The standard InChI is InChI=1S/C11H23NO/c1-8-5-6-9(11(2,3)13)10(7-8)12-4/h8-10,12-13H,5-7H2,1-4H3/t8-,9-,10-/m1/s1. The molecule has 2 nitrogen and oxygen atoms in total. The normalized spacial score (nSPS) is 36.2. The van der Waals surface area contributed by atoms with Crippen LogP contribution in [0, 0.1) is 11.8 Å². The van der Waals surface area contributed by atoms with E-state index in [2.05, 4.69) is 12.2 Å².